The average molecular weight is 784 g/mol. The third-order valence-electron chi connectivity index (χ3n) is 10.6. The average Bonchev–Trinajstić information content (AvgIpc) is 3.34. The number of allylic oxidation sites excluding steroid dienone is 4. The van der Waals surface area contributed by atoms with Crippen LogP contribution in [0.3, 0.4) is 0 Å². The summed E-state index contributed by atoms with van der Waals surface area (Å²) in [7, 11) is 0. The van der Waals surface area contributed by atoms with Crippen molar-refractivity contribution in [2.24, 2.45) is 5.73 Å². The molecular weight excluding hydrogens is 743 g/mol. The first-order chi connectivity index (χ1) is 30.1. The van der Waals surface area contributed by atoms with Crippen LogP contribution in [0.2, 0.25) is 0 Å². The van der Waals surface area contributed by atoms with Crippen LogP contribution in [0.5, 0.6) is 0 Å². The lowest BCUT2D eigenvalue weighted by molar-refractivity contribution is 1.07. The highest BCUT2D eigenvalue weighted by atomic mass is 15.0. The Bertz CT molecular complexity index is 3000. The van der Waals surface area contributed by atoms with Crippen LogP contribution >= 0.6 is 0 Å². The second-order valence-corrected chi connectivity index (χ2v) is 14.6. The molecule has 7 aromatic carbocycles. The van der Waals surface area contributed by atoms with E-state index in [-0.39, 0.29) is 0 Å². The summed E-state index contributed by atoms with van der Waals surface area (Å²) in [4.78, 5) is 19.9. The summed E-state index contributed by atoms with van der Waals surface area (Å²) in [5, 5.41) is 0. The van der Waals surface area contributed by atoms with Crippen molar-refractivity contribution in [1.82, 2.24) is 19.9 Å². The van der Waals surface area contributed by atoms with Gasteiger partial charge in [-0.2, -0.15) is 0 Å². The molecule has 0 aliphatic carbocycles. The van der Waals surface area contributed by atoms with Crippen molar-refractivity contribution in [3.8, 4) is 89.8 Å². The molecule has 0 unspecified atom stereocenters. The number of rotatable bonds is 11. The number of hydrogen-bond donors (Lipinski definition) is 1. The van der Waals surface area contributed by atoms with Crippen molar-refractivity contribution >= 4 is 5.57 Å². The van der Waals surface area contributed by atoms with E-state index in [1.54, 1.807) is 12.3 Å². The minimum Gasteiger partial charge on any atom is -0.405 e. The second kappa shape index (κ2) is 17.7. The summed E-state index contributed by atoms with van der Waals surface area (Å²) in [6.07, 6.45) is 10.8. The summed E-state index contributed by atoms with van der Waals surface area (Å²) in [6.45, 7) is 3.88. The van der Waals surface area contributed by atoms with Gasteiger partial charge in [-0.05, 0) is 128 Å². The zero-order chi connectivity index (χ0) is 41.4. The van der Waals surface area contributed by atoms with Crippen LogP contribution in [0.1, 0.15) is 5.56 Å². The molecule has 2 N–H and O–H groups in total. The lowest BCUT2D eigenvalue weighted by atomic mass is 9.94. The Balaban J connectivity index is 1.21. The van der Waals surface area contributed by atoms with Gasteiger partial charge in [0.25, 0.3) is 0 Å². The van der Waals surface area contributed by atoms with Crippen LogP contribution in [-0.2, 0) is 0 Å². The first-order valence-corrected chi connectivity index (χ1v) is 20.2. The molecule has 0 aliphatic heterocycles. The largest absolute Gasteiger partial charge is 0.405 e. The third-order valence-corrected chi connectivity index (χ3v) is 10.6. The highest BCUT2D eigenvalue weighted by Gasteiger charge is 2.17. The molecule has 0 saturated heterocycles. The summed E-state index contributed by atoms with van der Waals surface area (Å²) in [5.41, 5.74) is 21.3. The Morgan fingerprint density at radius 2 is 0.721 bits per heavy atom. The van der Waals surface area contributed by atoms with Crippen molar-refractivity contribution in [1.29, 1.82) is 0 Å². The van der Waals surface area contributed by atoms with E-state index in [2.05, 4.69) is 145 Å². The van der Waals surface area contributed by atoms with Gasteiger partial charge in [-0.1, -0.05) is 158 Å². The van der Waals surface area contributed by atoms with Gasteiger partial charge >= 0.3 is 0 Å². The molecule has 5 nitrogen and oxygen atoms in total. The molecule has 0 spiro atoms. The molecule has 290 valence electrons. The van der Waals surface area contributed by atoms with Crippen molar-refractivity contribution in [3.05, 3.63) is 237 Å². The number of aromatic nitrogens is 4. The van der Waals surface area contributed by atoms with Crippen LogP contribution in [0, 0.1) is 0 Å². The zero-order valence-corrected chi connectivity index (χ0v) is 33.4. The Morgan fingerprint density at radius 1 is 0.377 bits per heavy atom. The van der Waals surface area contributed by atoms with Crippen molar-refractivity contribution < 1.29 is 0 Å². The highest BCUT2D eigenvalue weighted by molar-refractivity contribution is 5.84. The van der Waals surface area contributed by atoms with Crippen LogP contribution in [0.4, 0.5) is 0 Å². The fourth-order valence-corrected chi connectivity index (χ4v) is 7.52. The van der Waals surface area contributed by atoms with Gasteiger partial charge in [0.1, 0.15) is 0 Å². The smallest absolute Gasteiger partial charge is 0.164 e. The van der Waals surface area contributed by atoms with Crippen LogP contribution in [0.15, 0.2) is 231 Å². The number of hydrogen-bond acceptors (Lipinski definition) is 5. The Hall–Kier alpha value is -8.28. The van der Waals surface area contributed by atoms with E-state index in [0.717, 1.165) is 83.5 Å². The molecule has 2 heterocycles. The fraction of sp³-hybridized carbons (Fsp3) is 0. The van der Waals surface area contributed by atoms with Crippen LogP contribution in [0.25, 0.3) is 95.4 Å². The van der Waals surface area contributed by atoms with Gasteiger partial charge in [0, 0.05) is 29.1 Å². The molecule has 0 aliphatic rings. The maximum atomic E-state index is 5.77. The minimum absolute atomic E-state index is 0.581. The van der Waals surface area contributed by atoms with Crippen LogP contribution < -0.4 is 5.73 Å². The Morgan fingerprint density at radius 3 is 1.15 bits per heavy atom. The summed E-state index contributed by atoms with van der Waals surface area (Å²) in [6, 6.07) is 65.4. The van der Waals surface area contributed by atoms with Crippen molar-refractivity contribution in [2.75, 3.05) is 0 Å². The molecule has 9 rings (SSSR count). The quantitative estimate of drug-likeness (QED) is 0.132. The highest BCUT2D eigenvalue weighted by Crippen LogP contribution is 2.37. The summed E-state index contributed by atoms with van der Waals surface area (Å²) in [5.74, 6) is 1.76. The molecule has 0 radical (unpaired) electrons. The van der Waals surface area contributed by atoms with Gasteiger partial charge < -0.3 is 5.73 Å². The van der Waals surface area contributed by atoms with Gasteiger partial charge in [0.2, 0.25) is 0 Å². The van der Waals surface area contributed by atoms with Gasteiger partial charge in [-0.15, -0.1) is 0 Å². The number of nitrogens with zero attached hydrogens (tertiary/aromatic N) is 4. The molecule has 0 saturated carbocycles. The van der Waals surface area contributed by atoms with E-state index in [1.807, 2.05) is 79.1 Å². The maximum absolute atomic E-state index is 5.77. The standard InChI is InChI=1S/C56H41N5/c1-2-12-39(27-30-57)42-19-23-44(24-20-42)50-33-48(40-13-6-3-7-14-40)35-52(37-50)55-59-54(47-17-10-5-11-18-47)60-56(61-55)53-36-49(41-15-8-4-9-16-41)34-51(38-53)45-25-21-43(22-26-45)46-28-31-58-32-29-46/h2-38H,1,57H2/b30-27-,39-12+. The van der Waals surface area contributed by atoms with E-state index in [0.29, 0.717) is 17.5 Å². The lowest BCUT2D eigenvalue weighted by Crippen LogP contribution is -2.01. The molecular formula is C56H41N5. The molecule has 0 atom stereocenters. The van der Waals surface area contributed by atoms with E-state index in [4.69, 9.17) is 20.7 Å². The number of benzene rings is 7. The SMILES string of the molecule is C=C/C=C(\C=C/N)c1ccc(-c2cc(-c3ccccc3)cc(-c3nc(-c4ccccc4)nc(-c4cc(-c5ccccc5)cc(-c5ccc(-c6ccncc6)cc5)c4)n3)c2)cc1. The fourth-order valence-electron chi connectivity index (χ4n) is 7.52. The van der Waals surface area contributed by atoms with Crippen molar-refractivity contribution in [3.63, 3.8) is 0 Å². The monoisotopic (exact) mass is 783 g/mol. The summed E-state index contributed by atoms with van der Waals surface area (Å²) >= 11 is 0. The van der Waals surface area contributed by atoms with Gasteiger partial charge in [-0.3, -0.25) is 4.98 Å². The molecule has 0 bridgehead atoms. The molecule has 0 amide bonds. The minimum atomic E-state index is 0.581. The normalized spacial score (nSPS) is 11.4. The summed E-state index contributed by atoms with van der Waals surface area (Å²) < 4.78 is 0. The second-order valence-electron chi connectivity index (χ2n) is 14.6. The first kappa shape index (κ1) is 38.2. The van der Waals surface area contributed by atoms with Gasteiger partial charge in [-0.25, -0.2) is 15.0 Å². The number of nitrogens with two attached hydrogens (primary N) is 1. The lowest BCUT2D eigenvalue weighted by Gasteiger charge is -2.14. The zero-order valence-electron chi connectivity index (χ0n) is 33.4. The van der Waals surface area contributed by atoms with E-state index in [9.17, 15) is 0 Å². The molecule has 61 heavy (non-hydrogen) atoms. The van der Waals surface area contributed by atoms with Gasteiger partial charge in [0.15, 0.2) is 17.5 Å². The molecule has 9 aromatic rings. The van der Waals surface area contributed by atoms with Crippen molar-refractivity contribution in [2.45, 2.75) is 0 Å². The third kappa shape index (κ3) is 8.63. The topological polar surface area (TPSA) is 77.6 Å². The Kier molecular flexibility index (Phi) is 11.1. The molecule has 5 heteroatoms. The molecule has 0 fully saturated rings. The van der Waals surface area contributed by atoms with E-state index < -0.39 is 0 Å². The van der Waals surface area contributed by atoms with E-state index in [1.165, 1.54) is 0 Å². The Labute approximate surface area is 356 Å². The predicted octanol–water partition coefficient (Wildman–Crippen LogP) is 13.6. The maximum Gasteiger partial charge on any atom is 0.164 e. The van der Waals surface area contributed by atoms with E-state index >= 15 is 0 Å². The van der Waals surface area contributed by atoms with Crippen LogP contribution in [-0.4, -0.2) is 19.9 Å². The van der Waals surface area contributed by atoms with Gasteiger partial charge in [0.05, 0.1) is 0 Å². The first-order valence-electron chi connectivity index (χ1n) is 20.2. The molecule has 2 aromatic heterocycles. The predicted molar refractivity (Wildman–Crippen MR) is 253 cm³/mol. The number of pyridine rings is 1.